The number of aryl methyl sites for hydroxylation is 1. The van der Waals surface area contributed by atoms with Gasteiger partial charge in [-0.15, -0.1) is 11.3 Å². The van der Waals surface area contributed by atoms with E-state index < -0.39 is 0 Å². The molecular weight excluding hydrogens is 307 g/mol. The standard InChI is InChI=1S/C17H16Cl2S/c1-10(2)16(14-8-9-20-12(14)4)11(3)13-6-5-7-15(18)17(13)19/h5-9H,3H2,1-2,4H3. The summed E-state index contributed by atoms with van der Waals surface area (Å²) in [6.45, 7) is 10.6. The summed E-state index contributed by atoms with van der Waals surface area (Å²) in [5.74, 6) is 0. The zero-order valence-corrected chi connectivity index (χ0v) is 14.1. The molecule has 0 bridgehead atoms. The van der Waals surface area contributed by atoms with E-state index in [-0.39, 0.29) is 0 Å². The lowest BCUT2D eigenvalue weighted by Crippen LogP contribution is -1.93. The van der Waals surface area contributed by atoms with Gasteiger partial charge in [-0.05, 0) is 55.0 Å². The van der Waals surface area contributed by atoms with Crippen LogP contribution in [0.15, 0.2) is 41.8 Å². The Labute approximate surface area is 134 Å². The summed E-state index contributed by atoms with van der Waals surface area (Å²) in [4.78, 5) is 1.28. The topological polar surface area (TPSA) is 0 Å². The molecule has 104 valence electrons. The van der Waals surface area contributed by atoms with Crippen molar-refractivity contribution in [2.45, 2.75) is 20.8 Å². The van der Waals surface area contributed by atoms with E-state index in [0.29, 0.717) is 10.0 Å². The van der Waals surface area contributed by atoms with Crippen LogP contribution in [0.4, 0.5) is 0 Å². The lowest BCUT2D eigenvalue weighted by molar-refractivity contribution is 1.39. The fourth-order valence-electron chi connectivity index (χ4n) is 2.25. The molecule has 0 saturated carbocycles. The van der Waals surface area contributed by atoms with Crippen LogP contribution in [0.1, 0.15) is 29.9 Å². The van der Waals surface area contributed by atoms with E-state index in [4.69, 9.17) is 23.2 Å². The second-order valence-corrected chi connectivity index (χ2v) is 6.75. The van der Waals surface area contributed by atoms with E-state index in [2.05, 4.69) is 38.8 Å². The molecule has 0 saturated heterocycles. The summed E-state index contributed by atoms with van der Waals surface area (Å²) in [7, 11) is 0. The highest BCUT2D eigenvalue weighted by Crippen LogP contribution is 2.40. The smallest absolute Gasteiger partial charge is 0.0670 e. The fourth-order valence-corrected chi connectivity index (χ4v) is 3.37. The van der Waals surface area contributed by atoms with E-state index in [1.54, 1.807) is 17.4 Å². The molecule has 1 aromatic carbocycles. The molecule has 1 aromatic heterocycles. The van der Waals surface area contributed by atoms with Gasteiger partial charge < -0.3 is 0 Å². The van der Waals surface area contributed by atoms with Crippen LogP contribution in [0.25, 0.3) is 11.1 Å². The van der Waals surface area contributed by atoms with Crippen LogP contribution in [-0.4, -0.2) is 0 Å². The number of hydrogen-bond acceptors (Lipinski definition) is 1. The van der Waals surface area contributed by atoms with Gasteiger partial charge in [-0.25, -0.2) is 0 Å². The average molecular weight is 323 g/mol. The minimum Gasteiger partial charge on any atom is -0.149 e. The lowest BCUT2D eigenvalue weighted by atomic mass is 9.91. The van der Waals surface area contributed by atoms with Crippen molar-refractivity contribution in [1.82, 2.24) is 0 Å². The maximum absolute atomic E-state index is 6.33. The van der Waals surface area contributed by atoms with Gasteiger partial charge in [-0.2, -0.15) is 0 Å². The first-order valence-electron chi connectivity index (χ1n) is 6.29. The van der Waals surface area contributed by atoms with Crippen LogP contribution >= 0.6 is 34.5 Å². The highest BCUT2D eigenvalue weighted by molar-refractivity contribution is 7.10. The molecule has 0 aliphatic carbocycles. The molecule has 3 heteroatoms. The molecule has 0 radical (unpaired) electrons. The minimum absolute atomic E-state index is 0.556. The zero-order chi connectivity index (χ0) is 14.9. The normalized spacial score (nSPS) is 10.4. The van der Waals surface area contributed by atoms with E-state index in [0.717, 1.165) is 16.7 Å². The van der Waals surface area contributed by atoms with Crippen molar-refractivity contribution in [3.8, 4) is 0 Å². The van der Waals surface area contributed by atoms with Gasteiger partial charge in [0.2, 0.25) is 0 Å². The van der Waals surface area contributed by atoms with Crippen LogP contribution < -0.4 is 0 Å². The lowest BCUT2D eigenvalue weighted by Gasteiger charge is -2.15. The molecule has 0 nitrogen and oxygen atoms in total. The van der Waals surface area contributed by atoms with Gasteiger partial charge in [-0.3, -0.25) is 0 Å². The SMILES string of the molecule is C=C(C(=C(C)C)c1ccsc1C)c1cccc(Cl)c1Cl. The number of benzene rings is 1. The number of allylic oxidation sites excluding steroid dienone is 3. The zero-order valence-electron chi connectivity index (χ0n) is 11.8. The molecule has 0 fully saturated rings. The van der Waals surface area contributed by atoms with Gasteiger partial charge in [-0.1, -0.05) is 47.5 Å². The Morgan fingerprint density at radius 3 is 2.35 bits per heavy atom. The Bertz CT molecular complexity index is 689. The van der Waals surface area contributed by atoms with Crippen molar-refractivity contribution in [3.63, 3.8) is 0 Å². The summed E-state index contributed by atoms with van der Waals surface area (Å²) in [5.41, 5.74) is 5.39. The van der Waals surface area contributed by atoms with Crippen molar-refractivity contribution < 1.29 is 0 Å². The summed E-state index contributed by atoms with van der Waals surface area (Å²) in [5, 5.41) is 3.21. The maximum Gasteiger partial charge on any atom is 0.0670 e. The van der Waals surface area contributed by atoms with E-state index in [1.807, 2.05) is 12.1 Å². The monoisotopic (exact) mass is 322 g/mol. The summed E-state index contributed by atoms with van der Waals surface area (Å²) in [6.07, 6.45) is 0. The van der Waals surface area contributed by atoms with Crippen molar-refractivity contribution in [1.29, 1.82) is 0 Å². The molecule has 0 aliphatic heterocycles. The molecule has 20 heavy (non-hydrogen) atoms. The maximum atomic E-state index is 6.33. The number of thiophene rings is 1. The van der Waals surface area contributed by atoms with Crippen LogP contribution in [-0.2, 0) is 0 Å². The van der Waals surface area contributed by atoms with Crippen molar-refractivity contribution in [2.24, 2.45) is 0 Å². The number of rotatable bonds is 3. The second-order valence-electron chi connectivity index (χ2n) is 4.85. The van der Waals surface area contributed by atoms with Gasteiger partial charge in [0.1, 0.15) is 0 Å². The Kier molecular flexibility index (Phi) is 4.74. The predicted octanol–water partition coefficient (Wildman–Crippen LogP) is 6.87. The predicted molar refractivity (Wildman–Crippen MR) is 92.8 cm³/mol. The summed E-state index contributed by atoms with van der Waals surface area (Å²) in [6, 6.07) is 7.78. The Balaban J connectivity index is 2.58. The molecule has 0 aliphatic rings. The first-order valence-corrected chi connectivity index (χ1v) is 7.92. The van der Waals surface area contributed by atoms with E-state index >= 15 is 0 Å². The molecule has 0 atom stereocenters. The quantitative estimate of drug-likeness (QED) is 0.541. The number of halogens is 2. The van der Waals surface area contributed by atoms with Gasteiger partial charge in [0.25, 0.3) is 0 Å². The van der Waals surface area contributed by atoms with Gasteiger partial charge in [0.05, 0.1) is 10.0 Å². The Hall–Kier alpha value is -1.02. The molecule has 1 heterocycles. The van der Waals surface area contributed by atoms with Crippen LogP contribution in [0.5, 0.6) is 0 Å². The first-order chi connectivity index (χ1) is 9.43. The molecule has 0 amide bonds. The third-order valence-electron chi connectivity index (χ3n) is 3.21. The van der Waals surface area contributed by atoms with E-state index in [9.17, 15) is 0 Å². The average Bonchev–Trinajstić information content (AvgIpc) is 2.79. The molecule has 0 unspecified atom stereocenters. The first kappa shape index (κ1) is 15.4. The van der Waals surface area contributed by atoms with Gasteiger partial charge >= 0.3 is 0 Å². The third-order valence-corrected chi connectivity index (χ3v) is 4.87. The minimum atomic E-state index is 0.556. The summed E-state index contributed by atoms with van der Waals surface area (Å²) >= 11 is 14.2. The molecule has 0 N–H and O–H groups in total. The van der Waals surface area contributed by atoms with Crippen molar-refractivity contribution in [2.75, 3.05) is 0 Å². The Morgan fingerprint density at radius 2 is 1.80 bits per heavy atom. The highest BCUT2D eigenvalue weighted by atomic mass is 35.5. The third kappa shape index (κ3) is 2.85. The molecular formula is C17H16Cl2S. The van der Waals surface area contributed by atoms with Crippen LogP contribution in [0, 0.1) is 6.92 Å². The largest absolute Gasteiger partial charge is 0.149 e. The molecule has 2 aromatic rings. The Morgan fingerprint density at radius 1 is 1.10 bits per heavy atom. The molecule has 0 spiro atoms. The summed E-state index contributed by atoms with van der Waals surface area (Å²) < 4.78 is 0. The molecule has 2 rings (SSSR count). The van der Waals surface area contributed by atoms with Gasteiger partial charge in [0, 0.05) is 10.4 Å². The fraction of sp³-hybridized carbons (Fsp3) is 0.176. The van der Waals surface area contributed by atoms with E-state index in [1.165, 1.54) is 16.0 Å². The van der Waals surface area contributed by atoms with Gasteiger partial charge in [0.15, 0.2) is 0 Å². The second kappa shape index (κ2) is 6.17. The van der Waals surface area contributed by atoms with Crippen LogP contribution in [0.3, 0.4) is 0 Å². The van der Waals surface area contributed by atoms with Crippen molar-refractivity contribution in [3.05, 3.63) is 67.8 Å². The highest BCUT2D eigenvalue weighted by Gasteiger charge is 2.16. The van der Waals surface area contributed by atoms with Crippen LogP contribution in [0.2, 0.25) is 10.0 Å². The number of hydrogen-bond donors (Lipinski definition) is 0. The van der Waals surface area contributed by atoms with Crippen molar-refractivity contribution >= 4 is 45.7 Å².